The number of carbonyl (C=O) groups is 1. The first-order valence-corrected chi connectivity index (χ1v) is 8.47. The van der Waals surface area contributed by atoms with E-state index in [0.29, 0.717) is 17.9 Å². The monoisotopic (exact) mass is 297 g/mol. The van der Waals surface area contributed by atoms with E-state index in [1.165, 1.54) is 0 Å². The highest BCUT2D eigenvalue weighted by molar-refractivity contribution is 5.74. The van der Waals surface area contributed by atoms with Gasteiger partial charge in [-0.15, -0.1) is 0 Å². The highest BCUT2D eigenvalue weighted by Gasteiger charge is 2.26. The summed E-state index contributed by atoms with van der Waals surface area (Å²) in [6.07, 6.45) is 3.98. The normalized spacial score (nSPS) is 22.8. The van der Waals surface area contributed by atoms with Gasteiger partial charge in [-0.05, 0) is 37.5 Å². The minimum absolute atomic E-state index is 0.0914. The molecule has 0 radical (unpaired) electrons. The van der Waals surface area contributed by atoms with Crippen LogP contribution in [0.4, 0.5) is 4.79 Å². The van der Waals surface area contributed by atoms with E-state index in [4.69, 9.17) is 5.11 Å². The third kappa shape index (κ3) is 5.15. The van der Waals surface area contributed by atoms with E-state index >= 15 is 0 Å². The highest BCUT2D eigenvalue weighted by Crippen LogP contribution is 2.17. The van der Waals surface area contributed by atoms with Crippen molar-refractivity contribution in [3.63, 3.8) is 0 Å². The standard InChI is InChI=1S/C16H31N3O2/c1-13(2)11-18-7-5-15(6-8-18)17-16(21)19-9-3-14(12-20)4-10-19/h13-15,20H,3-12H2,1-2H3,(H,17,21). The van der Waals surface area contributed by atoms with Crippen molar-refractivity contribution in [3.8, 4) is 0 Å². The molecule has 0 aromatic heterocycles. The Kier molecular flexibility index (Phi) is 6.30. The van der Waals surface area contributed by atoms with E-state index < -0.39 is 0 Å². The van der Waals surface area contributed by atoms with Gasteiger partial charge >= 0.3 is 6.03 Å². The molecule has 0 aliphatic carbocycles. The molecule has 2 fully saturated rings. The van der Waals surface area contributed by atoms with E-state index in [-0.39, 0.29) is 12.6 Å². The number of urea groups is 1. The molecule has 2 aliphatic rings. The number of likely N-dealkylation sites (tertiary alicyclic amines) is 2. The number of hydrogen-bond acceptors (Lipinski definition) is 3. The first-order valence-electron chi connectivity index (χ1n) is 8.47. The Morgan fingerprint density at radius 3 is 2.29 bits per heavy atom. The first kappa shape index (κ1) is 16.6. The fraction of sp³-hybridized carbons (Fsp3) is 0.938. The number of rotatable bonds is 4. The minimum atomic E-state index is 0.0914. The quantitative estimate of drug-likeness (QED) is 0.827. The molecule has 0 atom stereocenters. The van der Waals surface area contributed by atoms with Crippen molar-refractivity contribution in [2.75, 3.05) is 39.3 Å². The van der Waals surface area contributed by atoms with Gasteiger partial charge in [0, 0.05) is 45.4 Å². The molecule has 0 bridgehead atoms. The van der Waals surface area contributed by atoms with Gasteiger partial charge in [-0.2, -0.15) is 0 Å². The summed E-state index contributed by atoms with van der Waals surface area (Å²) >= 11 is 0. The Labute approximate surface area is 128 Å². The maximum absolute atomic E-state index is 12.3. The Morgan fingerprint density at radius 1 is 1.14 bits per heavy atom. The van der Waals surface area contributed by atoms with Gasteiger partial charge in [0.15, 0.2) is 0 Å². The highest BCUT2D eigenvalue weighted by atomic mass is 16.3. The molecule has 0 aromatic rings. The van der Waals surface area contributed by atoms with Crippen molar-refractivity contribution in [1.29, 1.82) is 0 Å². The summed E-state index contributed by atoms with van der Waals surface area (Å²) in [5.74, 6) is 1.09. The Balaban J connectivity index is 1.67. The number of nitrogens with zero attached hydrogens (tertiary/aromatic N) is 2. The molecule has 2 N–H and O–H groups in total. The third-order valence-corrected chi connectivity index (χ3v) is 4.70. The maximum Gasteiger partial charge on any atom is 0.317 e. The molecule has 2 rings (SSSR count). The molecule has 0 saturated carbocycles. The lowest BCUT2D eigenvalue weighted by atomic mass is 9.98. The molecule has 2 amide bonds. The fourth-order valence-corrected chi connectivity index (χ4v) is 3.36. The predicted molar refractivity (Wildman–Crippen MR) is 84.2 cm³/mol. The number of amides is 2. The summed E-state index contributed by atoms with van der Waals surface area (Å²) in [5.41, 5.74) is 0. The molecular formula is C16H31N3O2. The van der Waals surface area contributed by atoms with E-state index in [2.05, 4.69) is 24.1 Å². The summed E-state index contributed by atoms with van der Waals surface area (Å²) < 4.78 is 0. The van der Waals surface area contributed by atoms with Crippen LogP contribution < -0.4 is 5.32 Å². The Bertz CT molecular complexity index is 319. The van der Waals surface area contributed by atoms with Crippen LogP contribution in [0.15, 0.2) is 0 Å². The van der Waals surface area contributed by atoms with Gasteiger partial charge in [0.05, 0.1) is 0 Å². The molecule has 122 valence electrons. The van der Waals surface area contributed by atoms with Crippen molar-refractivity contribution in [2.45, 2.75) is 45.6 Å². The summed E-state index contributed by atoms with van der Waals surface area (Å²) in [7, 11) is 0. The van der Waals surface area contributed by atoms with Crippen molar-refractivity contribution in [1.82, 2.24) is 15.1 Å². The second-order valence-corrected chi connectivity index (χ2v) is 7.03. The third-order valence-electron chi connectivity index (χ3n) is 4.70. The number of carbonyl (C=O) groups excluding carboxylic acids is 1. The molecule has 0 spiro atoms. The van der Waals surface area contributed by atoms with Gasteiger partial charge in [-0.25, -0.2) is 4.79 Å². The van der Waals surface area contributed by atoms with Gasteiger partial charge in [-0.3, -0.25) is 0 Å². The number of aliphatic hydroxyl groups is 1. The van der Waals surface area contributed by atoms with Crippen molar-refractivity contribution in [2.24, 2.45) is 11.8 Å². The van der Waals surface area contributed by atoms with E-state index in [1.54, 1.807) is 0 Å². The summed E-state index contributed by atoms with van der Waals surface area (Å²) in [5, 5.41) is 12.3. The van der Waals surface area contributed by atoms with Crippen LogP contribution in [0.2, 0.25) is 0 Å². The van der Waals surface area contributed by atoms with Crippen molar-refractivity contribution in [3.05, 3.63) is 0 Å². The van der Waals surface area contributed by atoms with Crippen LogP contribution in [0.25, 0.3) is 0 Å². The zero-order chi connectivity index (χ0) is 15.2. The molecule has 0 unspecified atom stereocenters. The van der Waals surface area contributed by atoms with E-state index in [9.17, 15) is 4.79 Å². The lowest BCUT2D eigenvalue weighted by Crippen LogP contribution is -2.51. The molecule has 2 aliphatic heterocycles. The second-order valence-electron chi connectivity index (χ2n) is 7.03. The number of hydrogen-bond donors (Lipinski definition) is 2. The SMILES string of the molecule is CC(C)CN1CCC(NC(=O)N2CCC(CO)CC2)CC1. The topological polar surface area (TPSA) is 55.8 Å². The zero-order valence-corrected chi connectivity index (χ0v) is 13.6. The first-order chi connectivity index (χ1) is 10.1. The van der Waals surface area contributed by atoms with Gasteiger partial charge in [-0.1, -0.05) is 13.8 Å². The van der Waals surface area contributed by atoms with Crippen LogP contribution in [-0.4, -0.2) is 66.3 Å². The predicted octanol–water partition coefficient (Wildman–Crippen LogP) is 1.52. The average Bonchev–Trinajstić information content (AvgIpc) is 2.49. The van der Waals surface area contributed by atoms with Crippen molar-refractivity contribution < 1.29 is 9.90 Å². The van der Waals surface area contributed by atoms with Crippen molar-refractivity contribution >= 4 is 6.03 Å². The molecule has 5 heteroatoms. The largest absolute Gasteiger partial charge is 0.396 e. The minimum Gasteiger partial charge on any atom is -0.396 e. The Morgan fingerprint density at radius 2 is 1.76 bits per heavy atom. The fourth-order valence-electron chi connectivity index (χ4n) is 3.36. The average molecular weight is 297 g/mol. The molecule has 0 aromatic carbocycles. The van der Waals surface area contributed by atoms with Crippen LogP contribution in [0.1, 0.15) is 39.5 Å². The van der Waals surface area contributed by atoms with Gasteiger partial charge in [0.2, 0.25) is 0 Å². The van der Waals surface area contributed by atoms with Crippen LogP contribution in [0.3, 0.4) is 0 Å². The lowest BCUT2D eigenvalue weighted by molar-refractivity contribution is 0.130. The Hall–Kier alpha value is -0.810. The van der Waals surface area contributed by atoms with Crippen LogP contribution >= 0.6 is 0 Å². The van der Waals surface area contributed by atoms with Gasteiger partial charge in [0.1, 0.15) is 0 Å². The summed E-state index contributed by atoms with van der Waals surface area (Å²) in [4.78, 5) is 16.7. The van der Waals surface area contributed by atoms with Crippen LogP contribution in [-0.2, 0) is 0 Å². The molecule has 2 heterocycles. The molecule has 5 nitrogen and oxygen atoms in total. The number of nitrogens with one attached hydrogen (secondary N) is 1. The van der Waals surface area contributed by atoms with Crippen LogP contribution in [0.5, 0.6) is 0 Å². The second kappa shape index (κ2) is 7.99. The number of aliphatic hydroxyl groups excluding tert-OH is 1. The summed E-state index contributed by atoms with van der Waals surface area (Å²) in [6, 6.07) is 0.421. The van der Waals surface area contributed by atoms with Gasteiger partial charge < -0.3 is 20.2 Å². The van der Waals surface area contributed by atoms with E-state index in [0.717, 1.165) is 58.4 Å². The van der Waals surface area contributed by atoms with Crippen LogP contribution in [0, 0.1) is 11.8 Å². The number of piperidine rings is 2. The molecular weight excluding hydrogens is 266 g/mol. The molecule has 2 saturated heterocycles. The summed E-state index contributed by atoms with van der Waals surface area (Å²) in [6.45, 7) is 9.67. The lowest BCUT2D eigenvalue weighted by Gasteiger charge is -2.36. The van der Waals surface area contributed by atoms with Gasteiger partial charge in [0.25, 0.3) is 0 Å². The smallest absolute Gasteiger partial charge is 0.317 e. The molecule has 21 heavy (non-hydrogen) atoms. The van der Waals surface area contributed by atoms with E-state index in [1.807, 2.05) is 4.90 Å². The zero-order valence-electron chi connectivity index (χ0n) is 13.6. The maximum atomic E-state index is 12.3.